The van der Waals surface area contributed by atoms with Crippen LogP contribution < -0.4 is 0 Å². The Morgan fingerprint density at radius 3 is 2.75 bits per heavy atom. The highest BCUT2D eigenvalue weighted by molar-refractivity contribution is 5.75. The highest BCUT2D eigenvalue weighted by atomic mass is 16.4. The molecule has 0 bridgehead atoms. The lowest BCUT2D eigenvalue weighted by molar-refractivity contribution is -0.173. The smallest absolute Gasteiger partial charge is 0.312 e. The van der Waals surface area contributed by atoms with Crippen LogP contribution in [0.2, 0.25) is 0 Å². The summed E-state index contributed by atoms with van der Waals surface area (Å²) in [5, 5.41) is 19.8. The Morgan fingerprint density at radius 2 is 2.12 bits per heavy atom. The minimum atomic E-state index is -1.05. The number of piperidine rings is 1. The first-order valence-electron chi connectivity index (χ1n) is 6.07. The van der Waals surface area contributed by atoms with Crippen molar-refractivity contribution in [2.45, 2.75) is 51.2 Å². The number of carboxylic acids is 1. The van der Waals surface area contributed by atoms with Gasteiger partial charge in [0.1, 0.15) is 0 Å². The first-order chi connectivity index (χ1) is 7.37. The summed E-state index contributed by atoms with van der Waals surface area (Å²) in [6, 6.07) is 0.386. The number of aliphatic carboxylic acids is 1. The summed E-state index contributed by atoms with van der Waals surface area (Å²) in [4.78, 5) is 13.6. The van der Waals surface area contributed by atoms with Crippen molar-refractivity contribution in [3.8, 4) is 0 Å². The predicted molar refractivity (Wildman–Crippen MR) is 60.2 cm³/mol. The normalized spacial score (nSPS) is 36.1. The van der Waals surface area contributed by atoms with Gasteiger partial charge in [0.05, 0.1) is 11.0 Å². The Kier molecular flexibility index (Phi) is 2.75. The van der Waals surface area contributed by atoms with Crippen molar-refractivity contribution >= 4 is 5.97 Å². The summed E-state index contributed by atoms with van der Waals surface area (Å²) in [5.41, 5.74) is -2.11. The Labute approximate surface area is 96.3 Å². The Bertz CT molecular complexity index is 303. The molecule has 2 saturated heterocycles. The molecule has 0 aliphatic carbocycles. The molecule has 92 valence electrons. The number of hydrogen-bond donors (Lipinski definition) is 2. The standard InChI is InChI=1S/C12H21NO3/c1-11(2,10(14)15)12(16)5-7-13-6-3-4-9(13)8-12/h9,16H,3-8H2,1-2H3,(H,14,15). The fourth-order valence-corrected chi connectivity index (χ4v) is 3.01. The van der Waals surface area contributed by atoms with Crippen LogP contribution in [0.15, 0.2) is 0 Å². The Hall–Kier alpha value is -0.610. The molecule has 0 amide bonds. The van der Waals surface area contributed by atoms with Crippen LogP contribution in [-0.4, -0.2) is 45.8 Å². The van der Waals surface area contributed by atoms with Crippen LogP contribution in [0.25, 0.3) is 0 Å². The van der Waals surface area contributed by atoms with Crippen LogP contribution in [0.5, 0.6) is 0 Å². The van der Waals surface area contributed by atoms with Crippen molar-refractivity contribution in [1.82, 2.24) is 4.90 Å². The molecule has 4 heteroatoms. The Morgan fingerprint density at radius 1 is 1.44 bits per heavy atom. The second-order valence-electron chi connectivity index (χ2n) is 5.75. The fraction of sp³-hybridized carbons (Fsp3) is 0.917. The van der Waals surface area contributed by atoms with Crippen molar-refractivity contribution in [2.75, 3.05) is 13.1 Å². The second kappa shape index (κ2) is 3.70. The molecule has 2 rings (SSSR count). The highest BCUT2D eigenvalue weighted by Gasteiger charge is 2.53. The van der Waals surface area contributed by atoms with Gasteiger partial charge in [-0.3, -0.25) is 4.79 Å². The predicted octanol–water partition coefficient (Wildman–Crippen LogP) is 1.09. The van der Waals surface area contributed by atoms with E-state index in [0.29, 0.717) is 18.9 Å². The molecule has 2 unspecified atom stereocenters. The molecule has 2 atom stereocenters. The lowest BCUT2D eigenvalue weighted by Crippen LogP contribution is -2.57. The molecule has 16 heavy (non-hydrogen) atoms. The topological polar surface area (TPSA) is 60.8 Å². The van der Waals surface area contributed by atoms with E-state index >= 15 is 0 Å². The first-order valence-corrected chi connectivity index (χ1v) is 6.07. The molecule has 4 nitrogen and oxygen atoms in total. The molecule has 2 aliphatic heterocycles. The van der Waals surface area contributed by atoms with Gasteiger partial charge in [-0.1, -0.05) is 0 Å². The van der Waals surface area contributed by atoms with E-state index in [1.165, 1.54) is 6.42 Å². The molecular weight excluding hydrogens is 206 g/mol. The monoisotopic (exact) mass is 227 g/mol. The van der Waals surface area contributed by atoms with E-state index in [1.54, 1.807) is 13.8 Å². The van der Waals surface area contributed by atoms with Crippen molar-refractivity contribution in [3.63, 3.8) is 0 Å². The van der Waals surface area contributed by atoms with Crippen LogP contribution in [-0.2, 0) is 4.79 Å². The van der Waals surface area contributed by atoms with Gasteiger partial charge in [-0.2, -0.15) is 0 Å². The zero-order valence-corrected chi connectivity index (χ0v) is 10.1. The minimum Gasteiger partial charge on any atom is -0.481 e. The molecule has 2 N–H and O–H groups in total. The molecule has 2 aliphatic rings. The SMILES string of the molecule is CC(C)(C(=O)O)C1(O)CCN2CCCC2C1. The van der Waals surface area contributed by atoms with Crippen molar-refractivity contribution in [2.24, 2.45) is 5.41 Å². The second-order valence-corrected chi connectivity index (χ2v) is 5.75. The van der Waals surface area contributed by atoms with E-state index in [0.717, 1.165) is 19.5 Å². The Balaban J connectivity index is 2.17. The van der Waals surface area contributed by atoms with E-state index in [2.05, 4.69) is 4.90 Å². The third kappa shape index (κ3) is 1.64. The van der Waals surface area contributed by atoms with Crippen molar-refractivity contribution < 1.29 is 15.0 Å². The van der Waals surface area contributed by atoms with Gasteiger partial charge in [0, 0.05) is 12.6 Å². The first kappa shape index (κ1) is 11.9. The van der Waals surface area contributed by atoms with Gasteiger partial charge < -0.3 is 15.1 Å². The van der Waals surface area contributed by atoms with E-state index in [-0.39, 0.29) is 0 Å². The average Bonchev–Trinajstić information content (AvgIpc) is 2.63. The number of carboxylic acid groups (broad SMARTS) is 1. The number of fused-ring (bicyclic) bond motifs is 1. The van der Waals surface area contributed by atoms with Crippen molar-refractivity contribution in [1.29, 1.82) is 0 Å². The van der Waals surface area contributed by atoms with Gasteiger partial charge in [-0.15, -0.1) is 0 Å². The molecule has 0 aromatic rings. The fourth-order valence-electron chi connectivity index (χ4n) is 3.01. The molecule has 0 saturated carbocycles. The van der Waals surface area contributed by atoms with Gasteiger partial charge in [0.25, 0.3) is 0 Å². The summed E-state index contributed by atoms with van der Waals surface area (Å²) in [7, 11) is 0. The summed E-state index contributed by atoms with van der Waals surface area (Å²) in [6.45, 7) is 5.21. The highest BCUT2D eigenvalue weighted by Crippen LogP contribution is 2.43. The molecule has 0 radical (unpaired) electrons. The number of rotatable bonds is 2. The van der Waals surface area contributed by atoms with Crippen LogP contribution in [0.1, 0.15) is 39.5 Å². The summed E-state index contributed by atoms with van der Waals surface area (Å²) in [6.07, 6.45) is 3.45. The van der Waals surface area contributed by atoms with E-state index in [9.17, 15) is 15.0 Å². The molecule has 2 fully saturated rings. The zero-order valence-electron chi connectivity index (χ0n) is 10.1. The molecule has 0 aromatic heterocycles. The number of hydrogen-bond acceptors (Lipinski definition) is 3. The third-order valence-electron chi connectivity index (χ3n) is 4.58. The molecule has 0 spiro atoms. The third-order valence-corrected chi connectivity index (χ3v) is 4.58. The van der Waals surface area contributed by atoms with E-state index in [4.69, 9.17) is 0 Å². The maximum Gasteiger partial charge on any atom is 0.312 e. The summed E-state index contributed by atoms with van der Waals surface area (Å²) >= 11 is 0. The molecular formula is C12H21NO3. The lowest BCUT2D eigenvalue weighted by Gasteiger charge is -2.47. The maximum absolute atomic E-state index is 11.2. The van der Waals surface area contributed by atoms with Gasteiger partial charge >= 0.3 is 5.97 Å². The van der Waals surface area contributed by atoms with E-state index < -0.39 is 17.0 Å². The number of carbonyl (C=O) groups is 1. The number of aliphatic hydroxyl groups is 1. The van der Waals surface area contributed by atoms with Gasteiger partial charge in [0.15, 0.2) is 0 Å². The van der Waals surface area contributed by atoms with Crippen LogP contribution in [0.3, 0.4) is 0 Å². The summed E-state index contributed by atoms with van der Waals surface area (Å²) in [5.74, 6) is -0.901. The average molecular weight is 227 g/mol. The zero-order chi connectivity index (χ0) is 12.0. The molecule has 2 heterocycles. The van der Waals surface area contributed by atoms with Crippen molar-refractivity contribution in [3.05, 3.63) is 0 Å². The summed E-state index contributed by atoms with van der Waals surface area (Å²) < 4.78 is 0. The quantitative estimate of drug-likeness (QED) is 0.741. The van der Waals surface area contributed by atoms with Crippen LogP contribution in [0, 0.1) is 5.41 Å². The van der Waals surface area contributed by atoms with Gasteiger partial charge in [-0.25, -0.2) is 0 Å². The minimum absolute atomic E-state index is 0.386. The van der Waals surface area contributed by atoms with Gasteiger partial charge in [0.2, 0.25) is 0 Å². The maximum atomic E-state index is 11.2. The van der Waals surface area contributed by atoms with Crippen LogP contribution in [0.4, 0.5) is 0 Å². The largest absolute Gasteiger partial charge is 0.481 e. The number of nitrogens with zero attached hydrogens (tertiary/aromatic N) is 1. The van der Waals surface area contributed by atoms with Gasteiger partial charge in [-0.05, 0) is 46.1 Å². The van der Waals surface area contributed by atoms with Crippen LogP contribution >= 0.6 is 0 Å². The van der Waals surface area contributed by atoms with E-state index in [1.807, 2.05) is 0 Å². The lowest BCUT2D eigenvalue weighted by atomic mass is 9.68. The molecule has 0 aromatic carbocycles.